The first-order valence-corrected chi connectivity index (χ1v) is 10.6. The van der Waals surface area contributed by atoms with Crippen LogP contribution >= 0.6 is 18.6 Å². The second-order valence-corrected chi connectivity index (χ2v) is 8.49. The number of hydrogen-bond donors (Lipinski definition) is 1. The molecule has 0 atom stereocenters. The van der Waals surface area contributed by atoms with Gasteiger partial charge in [-0.3, -0.25) is 0 Å². The Labute approximate surface area is 62.1 Å². The number of hydrogen-bond acceptors (Lipinski definition) is 2. The maximum absolute atomic E-state index is 9.81. The van der Waals surface area contributed by atoms with Crippen molar-refractivity contribution in [2.24, 2.45) is 0 Å². The first-order chi connectivity index (χ1) is 3.06. The summed E-state index contributed by atoms with van der Waals surface area (Å²) >= 11 is 1.63. The van der Waals surface area contributed by atoms with Crippen molar-refractivity contribution in [2.75, 3.05) is 3.76 Å². The summed E-state index contributed by atoms with van der Waals surface area (Å²) in [6, 6.07) is 0. The van der Waals surface area contributed by atoms with Crippen molar-refractivity contribution in [3.05, 3.63) is 0 Å². The molecule has 6 heteroatoms. The third-order valence-corrected chi connectivity index (χ3v) is 8.34. The molecule has 46 valence electrons. The summed E-state index contributed by atoms with van der Waals surface area (Å²) in [6.07, 6.45) is 0. The second-order valence-electron chi connectivity index (χ2n) is 0.792. The van der Waals surface area contributed by atoms with Crippen LogP contribution in [0.3, 0.4) is 0 Å². The summed E-state index contributed by atoms with van der Waals surface area (Å²) in [5.74, 6) is 0. The van der Waals surface area contributed by atoms with Crippen LogP contribution < -0.4 is 17.2 Å². The van der Waals surface area contributed by atoms with Crippen LogP contribution in [0.5, 0.6) is 0 Å². The topological polar surface area (TPSA) is 54.4 Å². The number of halogens is 2. The molecule has 0 spiro atoms. The molecule has 0 aromatic carbocycles. The first-order valence-electron chi connectivity index (χ1n) is 1.21. The van der Waals surface area contributed by atoms with Crippen LogP contribution in [-0.2, 0) is 10.1 Å². The van der Waals surface area contributed by atoms with E-state index in [0.717, 1.165) is 0 Å². The summed E-state index contributed by atoms with van der Waals surface area (Å²) in [5.41, 5.74) is 0. The van der Waals surface area contributed by atoms with Crippen LogP contribution in [0.15, 0.2) is 0 Å². The van der Waals surface area contributed by atoms with Gasteiger partial charge >= 0.3 is 62.7 Å². The van der Waals surface area contributed by atoms with Gasteiger partial charge in [-0.1, -0.05) is 0 Å². The maximum atomic E-state index is 9.81. The molecule has 0 aliphatic heterocycles. The van der Waals surface area contributed by atoms with Crippen LogP contribution in [0, 0.1) is 0 Å². The number of alkyl halides is 1. The molecule has 0 fully saturated rings. The summed E-state index contributed by atoms with van der Waals surface area (Å²) in [4.78, 5) is 0. The summed E-state index contributed by atoms with van der Waals surface area (Å²) in [7, 11) is -3.63. The monoisotopic (exact) mass is 349 g/mol. The van der Waals surface area contributed by atoms with Crippen molar-refractivity contribution in [2.45, 2.75) is 0 Å². The average Bonchev–Trinajstić information content (AvgIpc) is 1.30. The molecule has 0 aromatic rings. The molecule has 7 heavy (non-hydrogen) atoms. The fourth-order valence-corrected chi connectivity index (χ4v) is 7.04. The molecule has 1 N–H and O–H groups in total. The average molecular weight is 349 g/mol. The van der Waals surface area contributed by atoms with E-state index < -0.39 is 10.1 Å². The molecule has 0 aliphatic rings. The second kappa shape index (κ2) is 3.41. The van der Waals surface area contributed by atoms with Gasteiger partial charge in [0.2, 0.25) is 0 Å². The van der Waals surface area contributed by atoms with Gasteiger partial charge in [-0.15, -0.1) is 0 Å². The van der Waals surface area contributed by atoms with E-state index in [-0.39, 0.29) is 21.0 Å². The van der Waals surface area contributed by atoms with Crippen LogP contribution in [0.1, 0.15) is 0 Å². The van der Waals surface area contributed by atoms with Crippen LogP contribution in [-0.4, -0.2) is 16.7 Å². The Morgan fingerprint density at radius 2 is 2.14 bits per heavy atom. The van der Waals surface area contributed by atoms with Gasteiger partial charge in [-0.05, 0) is 0 Å². The molecule has 0 saturated carbocycles. The van der Waals surface area contributed by atoms with Crippen molar-refractivity contribution < 1.29 is 30.2 Å². The molecule has 3 nitrogen and oxygen atoms in total. The third-order valence-electron chi connectivity index (χ3n) is 0.179. The quantitative estimate of drug-likeness (QED) is 0.335. The van der Waals surface area contributed by atoms with Gasteiger partial charge in [-0.25, -0.2) is 0 Å². The standard InChI is InChI=1S/CH3I2O3S/c2-3-1-7(4,5)6/h1H2,(H,4,5,6)/q-1. The molecule has 0 aromatic heterocycles. The fourth-order valence-electron chi connectivity index (χ4n) is 0.0521. The molecule has 0 unspecified atom stereocenters. The van der Waals surface area contributed by atoms with E-state index in [1.165, 1.54) is 0 Å². The van der Waals surface area contributed by atoms with Crippen LogP contribution in [0.2, 0.25) is 0 Å². The normalized spacial score (nSPS) is 12.3. The Bertz CT molecular complexity index is 126. The molecule has 0 aliphatic carbocycles. The Morgan fingerprint density at radius 1 is 1.71 bits per heavy atom. The van der Waals surface area contributed by atoms with E-state index in [4.69, 9.17) is 4.55 Å². The van der Waals surface area contributed by atoms with Gasteiger partial charge in [0, 0.05) is 0 Å². The van der Waals surface area contributed by atoms with Gasteiger partial charge in [0.25, 0.3) is 0 Å². The van der Waals surface area contributed by atoms with Crippen LogP contribution in [0.4, 0.5) is 0 Å². The summed E-state index contributed by atoms with van der Waals surface area (Å²) in [6.45, 7) is 0. The predicted molar refractivity (Wildman–Crippen MR) is 30.4 cm³/mol. The van der Waals surface area contributed by atoms with E-state index in [2.05, 4.69) is 0 Å². The minimum absolute atomic E-state index is 0.0353. The predicted octanol–water partition coefficient (Wildman–Crippen LogP) is -2.73. The first kappa shape index (κ1) is 8.37. The van der Waals surface area contributed by atoms with E-state index in [1.54, 1.807) is 0 Å². The van der Waals surface area contributed by atoms with Gasteiger partial charge in [0.05, 0.1) is 0 Å². The van der Waals surface area contributed by atoms with E-state index in [0.29, 0.717) is 0 Å². The zero-order valence-electron chi connectivity index (χ0n) is 3.13. The summed E-state index contributed by atoms with van der Waals surface area (Å²) in [5, 5.41) is 0. The van der Waals surface area contributed by atoms with Crippen molar-refractivity contribution in [1.29, 1.82) is 0 Å². The Morgan fingerprint density at radius 3 is 2.14 bits per heavy atom. The van der Waals surface area contributed by atoms with Crippen molar-refractivity contribution in [3.63, 3.8) is 0 Å². The van der Waals surface area contributed by atoms with E-state index >= 15 is 0 Å². The van der Waals surface area contributed by atoms with Gasteiger partial charge < -0.3 is 0 Å². The minimum atomic E-state index is -3.63. The van der Waals surface area contributed by atoms with E-state index in [9.17, 15) is 8.42 Å². The summed E-state index contributed by atoms with van der Waals surface area (Å²) < 4.78 is 27.6. The Balaban J connectivity index is 3.60. The van der Waals surface area contributed by atoms with Crippen LogP contribution in [0.25, 0.3) is 0 Å². The molecule has 0 saturated heterocycles. The Kier molecular flexibility index (Phi) is 4.07. The molecule has 0 bridgehead atoms. The zero-order valence-corrected chi connectivity index (χ0v) is 8.27. The van der Waals surface area contributed by atoms with Gasteiger partial charge in [-0.2, -0.15) is 0 Å². The van der Waals surface area contributed by atoms with Crippen molar-refractivity contribution in [1.82, 2.24) is 0 Å². The molecular weight excluding hydrogens is 346 g/mol. The molecule has 0 rings (SSSR count). The van der Waals surface area contributed by atoms with Gasteiger partial charge in [0.15, 0.2) is 0 Å². The molecule has 0 radical (unpaired) electrons. The third kappa shape index (κ3) is 7.37. The fraction of sp³-hybridized carbons (Fsp3) is 1.00. The van der Waals surface area contributed by atoms with E-state index in [1.807, 2.05) is 18.6 Å². The zero-order chi connectivity index (χ0) is 5.91. The van der Waals surface area contributed by atoms with Gasteiger partial charge in [0.1, 0.15) is 0 Å². The molecule has 0 amide bonds. The molecular formula is CH3I2O3S-. The molecule has 0 heterocycles. The Hall–Kier alpha value is 1.37. The van der Waals surface area contributed by atoms with Crippen molar-refractivity contribution in [3.8, 4) is 0 Å². The number of rotatable bonds is 2. The SMILES string of the molecule is O=S(=O)(O)C[I-]I. The van der Waals surface area contributed by atoms with Crippen molar-refractivity contribution >= 4 is 28.7 Å².